The average Bonchev–Trinajstić information content (AvgIpc) is 2.21. The van der Waals surface area contributed by atoms with Crippen molar-refractivity contribution in [1.82, 2.24) is 0 Å². The normalized spacial score (nSPS) is 16.1. The van der Waals surface area contributed by atoms with Crippen LogP contribution >= 0.6 is 0 Å². The highest BCUT2D eigenvalue weighted by atomic mass is 19.2. The second-order valence-electron chi connectivity index (χ2n) is 3.32. The molecule has 0 bridgehead atoms. The van der Waals surface area contributed by atoms with Gasteiger partial charge >= 0.3 is 0 Å². The van der Waals surface area contributed by atoms with Crippen LogP contribution in [-0.4, -0.2) is 19.3 Å². The summed E-state index contributed by atoms with van der Waals surface area (Å²) in [6.45, 7) is 0.332. The zero-order valence-electron chi connectivity index (χ0n) is 7.79. The van der Waals surface area contributed by atoms with Gasteiger partial charge in [0, 0.05) is 0 Å². The maximum absolute atomic E-state index is 13.1. The molecular formula is C9H6F5NO. The van der Waals surface area contributed by atoms with E-state index >= 15 is 0 Å². The van der Waals surface area contributed by atoms with Crippen LogP contribution in [0.1, 0.15) is 0 Å². The SMILES string of the molecule is Fc1c(F)c(F)c(NC2COC2)c(F)c1F. The number of rotatable bonds is 2. The number of halogens is 5. The Hall–Kier alpha value is -1.37. The third kappa shape index (κ3) is 1.60. The van der Waals surface area contributed by atoms with Gasteiger partial charge in [-0.2, -0.15) is 0 Å². The van der Waals surface area contributed by atoms with Gasteiger partial charge < -0.3 is 10.1 Å². The van der Waals surface area contributed by atoms with Crippen molar-refractivity contribution in [2.24, 2.45) is 0 Å². The van der Waals surface area contributed by atoms with Crippen molar-refractivity contribution in [2.75, 3.05) is 18.5 Å². The maximum atomic E-state index is 13.1. The van der Waals surface area contributed by atoms with Gasteiger partial charge in [-0.25, -0.2) is 22.0 Å². The van der Waals surface area contributed by atoms with Gasteiger partial charge in [0.05, 0.1) is 19.3 Å². The summed E-state index contributed by atoms with van der Waals surface area (Å²) in [6, 6.07) is -0.437. The minimum Gasteiger partial charge on any atom is -0.377 e. The molecule has 1 aliphatic heterocycles. The predicted octanol–water partition coefficient (Wildman–Crippen LogP) is 2.19. The average molecular weight is 239 g/mol. The lowest BCUT2D eigenvalue weighted by molar-refractivity contribution is 0.0208. The monoisotopic (exact) mass is 239 g/mol. The lowest BCUT2D eigenvalue weighted by atomic mass is 10.2. The van der Waals surface area contributed by atoms with E-state index in [1.54, 1.807) is 0 Å². The predicted molar refractivity (Wildman–Crippen MR) is 44.5 cm³/mol. The highest BCUT2D eigenvalue weighted by Crippen LogP contribution is 2.28. The van der Waals surface area contributed by atoms with Crippen molar-refractivity contribution in [3.8, 4) is 0 Å². The van der Waals surface area contributed by atoms with Crippen LogP contribution in [0.4, 0.5) is 27.6 Å². The molecule has 0 aliphatic carbocycles. The van der Waals surface area contributed by atoms with Crippen molar-refractivity contribution in [3.05, 3.63) is 29.1 Å². The van der Waals surface area contributed by atoms with Crippen LogP contribution in [-0.2, 0) is 4.74 Å². The molecule has 16 heavy (non-hydrogen) atoms. The largest absolute Gasteiger partial charge is 0.377 e. The molecule has 1 aromatic carbocycles. The van der Waals surface area contributed by atoms with E-state index in [9.17, 15) is 22.0 Å². The quantitative estimate of drug-likeness (QED) is 0.485. The summed E-state index contributed by atoms with van der Waals surface area (Å²) in [6.07, 6.45) is 0. The van der Waals surface area contributed by atoms with Gasteiger partial charge in [0.15, 0.2) is 23.3 Å². The first kappa shape index (κ1) is 11.1. The third-order valence-corrected chi connectivity index (χ3v) is 2.20. The van der Waals surface area contributed by atoms with Gasteiger partial charge in [0.2, 0.25) is 5.82 Å². The Morgan fingerprint density at radius 1 is 0.812 bits per heavy atom. The summed E-state index contributed by atoms with van der Waals surface area (Å²) in [5.74, 6) is -9.79. The van der Waals surface area contributed by atoms with Gasteiger partial charge in [0.25, 0.3) is 0 Å². The molecule has 1 saturated heterocycles. The molecule has 1 aromatic rings. The minimum absolute atomic E-state index is 0.166. The smallest absolute Gasteiger partial charge is 0.200 e. The van der Waals surface area contributed by atoms with Crippen LogP contribution < -0.4 is 5.32 Å². The highest BCUT2D eigenvalue weighted by Gasteiger charge is 2.28. The second-order valence-corrected chi connectivity index (χ2v) is 3.32. The molecule has 0 aromatic heterocycles. The van der Waals surface area contributed by atoms with Crippen molar-refractivity contribution in [1.29, 1.82) is 0 Å². The zero-order chi connectivity index (χ0) is 11.9. The van der Waals surface area contributed by atoms with Crippen LogP contribution in [0.3, 0.4) is 0 Å². The molecule has 1 heterocycles. The molecule has 2 rings (SSSR count). The highest BCUT2D eigenvalue weighted by molar-refractivity contribution is 5.48. The van der Waals surface area contributed by atoms with E-state index < -0.39 is 40.8 Å². The topological polar surface area (TPSA) is 21.3 Å². The molecule has 1 N–H and O–H groups in total. The standard InChI is InChI=1S/C9H6F5NO/c10-4-5(11)7(13)9(8(14)6(4)12)15-3-1-16-2-3/h3,15H,1-2H2. The Balaban J connectivity index is 2.42. The lowest BCUT2D eigenvalue weighted by Crippen LogP contribution is -2.41. The van der Waals surface area contributed by atoms with Gasteiger partial charge in [-0.3, -0.25) is 0 Å². The second kappa shape index (κ2) is 3.89. The van der Waals surface area contributed by atoms with E-state index in [1.807, 2.05) is 0 Å². The van der Waals surface area contributed by atoms with Gasteiger partial charge in [-0.15, -0.1) is 0 Å². The summed E-state index contributed by atoms with van der Waals surface area (Å²) >= 11 is 0. The fraction of sp³-hybridized carbons (Fsp3) is 0.333. The van der Waals surface area contributed by atoms with Gasteiger partial charge in [0.1, 0.15) is 5.69 Å². The first-order valence-corrected chi connectivity index (χ1v) is 4.38. The van der Waals surface area contributed by atoms with E-state index in [4.69, 9.17) is 4.74 Å². The molecule has 0 radical (unpaired) electrons. The van der Waals surface area contributed by atoms with Crippen molar-refractivity contribution in [3.63, 3.8) is 0 Å². The number of ether oxygens (including phenoxy) is 1. The summed E-state index contributed by atoms with van der Waals surface area (Å²) in [5, 5.41) is 2.20. The molecule has 0 atom stereocenters. The summed E-state index contributed by atoms with van der Waals surface area (Å²) in [7, 11) is 0. The summed E-state index contributed by atoms with van der Waals surface area (Å²) in [5.41, 5.74) is -1.01. The van der Waals surface area contributed by atoms with E-state index in [-0.39, 0.29) is 13.2 Å². The molecule has 88 valence electrons. The van der Waals surface area contributed by atoms with Crippen LogP contribution in [0, 0.1) is 29.1 Å². The number of benzene rings is 1. The van der Waals surface area contributed by atoms with Gasteiger partial charge in [-0.05, 0) is 0 Å². The lowest BCUT2D eigenvalue weighted by Gasteiger charge is -2.28. The maximum Gasteiger partial charge on any atom is 0.200 e. The van der Waals surface area contributed by atoms with Crippen LogP contribution in [0.5, 0.6) is 0 Å². The Kier molecular flexibility index (Phi) is 2.71. The Bertz CT molecular complexity index is 403. The Labute approximate surface area is 87.0 Å². The zero-order valence-corrected chi connectivity index (χ0v) is 7.79. The van der Waals surface area contributed by atoms with Crippen LogP contribution in [0.25, 0.3) is 0 Å². The third-order valence-electron chi connectivity index (χ3n) is 2.20. The van der Waals surface area contributed by atoms with E-state index in [1.165, 1.54) is 0 Å². The molecule has 0 saturated carbocycles. The molecule has 7 heteroatoms. The van der Waals surface area contributed by atoms with Crippen molar-refractivity contribution in [2.45, 2.75) is 6.04 Å². The van der Waals surface area contributed by atoms with Gasteiger partial charge in [-0.1, -0.05) is 0 Å². The number of anilines is 1. The van der Waals surface area contributed by atoms with Crippen LogP contribution in [0.15, 0.2) is 0 Å². The number of hydrogen-bond acceptors (Lipinski definition) is 2. The summed E-state index contributed by atoms with van der Waals surface area (Å²) in [4.78, 5) is 0. The van der Waals surface area contributed by atoms with Crippen molar-refractivity contribution < 1.29 is 26.7 Å². The first-order chi connectivity index (χ1) is 7.52. The number of nitrogens with one attached hydrogen (secondary N) is 1. The van der Waals surface area contributed by atoms with Crippen molar-refractivity contribution >= 4 is 5.69 Å². The fourth-order valence-electron chi connectivity index (χ4n) is 1.25. The number of hydrogen-bond donors (Lipinski definition) is 1. The molecular weight excluding hydrogens is 233 g/mol. The molecule has 1 fully saturated rings. The van der Waals surface area contributed by atoms with E-state index in [0.717, 1.165) is 0 Å². The first-order valence-electron chi connectivity index (χ1n) is 4.38. The van der Waals surface area contributed by atoms with E-state index in [2.05, 4.69) is 5.32 Å². The summed E-state index contributed by atoms with van der Waals surface area (Å²) < 4.78 is 69.0. The Morgan fingerprint density at radius 2 is 1.25 bits per heavy atom. The minimum atomic E-state index is -2.16. The molecule has 0 unspecified atom stereocenters. The fourth-order valence-corrected chi connectivity index (χ4v) is 1.25. The Morgan fingerprint density at radius 3 is 1.62 bits per heavy atom. The van der Waals surface area contributed by atoms with E-state index in [0.29, 0.717) is 0 Å². The molecule has 0 amide bonds. The molecule has 1 aliphatic rings. The molecule has 2 nitrogen and oxygen atoms in total. The van der Waals surface area contributed by atoms with Crippen LogP contribution in [0.2, 0.25) is 0 Å². The molecule has 0 spiro atoms.